The van der Waals surface area contributed by atoms with Gasteiger partial charge >= 0.3 is 0 Å². The van der Waals surface area contributed by atoms with Gasteiger partial charge in [0.2, 0.25) is 0 Å². The average molecular weight is 126 g/mol. The molecule has 0 atom stereocenters. The molecule has 1 heteroatoms. The molecule has 0 N–H and O–H groups in total. The maximum atomic E-state index is 2.26. The smallest absolute Gasteiger partial charge is 0.00319 e. The Kier molecular flexibility index (Phi) is 2.22. The van der Waals surface area contributed by atoms with Crippen LogP contribution in [0.15, 0.2) is 23.1 Å². The van der Waals surface area contributed by atoms with Gasteiger partial charge in [0.25, 0.3) is 0 Å². The normalized spacial score (nSPS) is 16.9. The zero-order chi connectivity index (χ0) is 5.82. The third kappa shape index (κ3) is 1.41. The summed E-state index contributed by atoms with van der Waals surface area (Å²) in [4.78, 5) is 1.44. The van der Waals surface area contributed by atoms with Crippen LogP contribution in [0, 0.1) is 0 Å². The van der Waals surface area contributed by atoms with E-state index in [0.29, 0.717) is 0 Å². The van der Waals surface area contributed by atoms with Gasteiger partial charge < -0.3 is 0 Å². The van der Waals surface area contributed by atoms with E-state index in [1.165, 1.54) is 10.7 Å². The van der Waals surface area contributed by atoms with Crippen LogP contribution >= 0.6 is 11.8 Å². The summed E-state index contributed by atoms with van der Waals surface area (Å²) in [6, 6.07) is 0. The highest BCUT2D eigenvalue weighted by atomic mass is 32.2. The summed E-state index contributed by atoms with van der Waals surface area (Å²) in [7, 11) is 0. The van der Waals surface area contributed by atoms with Crippen LogP contribution in [0.5, 0.6) is 0 Å². The van der Waals surface area contributed by atoms with Crippen molar-refractivity contribution in [3.05, 3.63) is 23.1 Å². The van der Waals surface area contributed by atoms with Gasteiger partial charge in [-0.3, -0.25) is 0 Å². The van der Waals surface area contributed by atoms with Gasteiger partial charge in [-0.15, -0.1) is 11.8 Å². The SMILES string of the molecule is CCSC1=CCC=C1. The zero-order valence-electron chi connectivity index (χ0n) is 5.05. The van der Waals surface area contributed by atoms with Crippen molar-refractivity contribution in [3.63, 3.8) is 0 Å². The Morgan fingerprint density at radius 1 is 1.75 bits per heavy atom. The molecule has 0 amide bonds. The summed E-state index contributed by atoms with van der Waals surface area (Å²) < 4.78 is 0. The van der Waals surface area contributed by atoms with Crippen LogP contribution in [0.25, 0.3) is 0 Å². The third-order valence-corrected chi connectivity index (χ3v) is 1.97. The Hall–Kier alpha value is -0.170. The number of allylic oxidation sites excluding steroid dienone is 3. The van der Waals surface area contributed by atoms with E-state index in [-0.39, 0.29) is 0 Å². The van der Waals surface area contributed by atoms with E-state index in [9.17, 15) is 0 Å². The second kappa shape index (κ2) is 2.98. The first-order valence-electron chi connectivity index (χ1n) is 2.93. The van der Waals surface area contributed by atoms with Crippen LogP contribution in [0.1, 0.15) is 13.3 Å². The summed E-state index contributed by atoms with van der Waals surface area (Å²) in [5, 5.41) is 0. The van der Waals surface area contributed by atoms with Gasteiger partial charge in [0.1, 0.15) is 0 Å². The lowest BCUT2D eigenvalue weighted by molar-refractivity contribution is 1.45. The number of hydrogen-bond acceptors (Lipinski definition) is 1. The Morgan fingerprint density at radius 2 is 2.62 bits per heavy atom. The van der Waals surface area contributed by atoms with E-state index in [1.807, 2.05) is 11.8 Å². The molecule has 0 aromatic carbocycles. The molecule has 0 bridgehead atoms. The molecule has 0 saturated heterocycles. The van der Waals surface area contributed by atoms with Crippen LogP contribution in [-0.4, -0.2) is 5.75 Å². The molecule has 0 radical (unpaired) electrons. The second-order valence-electron chi connectivity index (χ2n) is 1.68. The first-order valence-corrected chi connectivity index (χ1v) is 3.91. The molecule has 0 aliphatic heterocycles. The van der Waals surface area contributed by atoms with Crippen molar-refractivity contribution >= 4 is 11.8 Å². The number of thioether (sulfide) groups is 1. The maximum absolute atomic E-state index is 2.26. The molecular formula is C7H10S. The predicted molar refractivity (Wildman–Crippen MR) is 40.0 cm³/mol. The van der Waals surface area contributed by atoms with E-state index >= 15 is 0 Å². The summed E-state index contributed by atoms with van der Waals surface area (Å²) in [6.45, 7) is 2.18. The minimum atomic E-state index is 1.14. The lowest BCUT2D eigenvalue weighted by Crippen LogP contribution is -1.65. The topological polar surface area (TPSA) is 0 Å². The van der Waals surface area contributed by atoms with E-state index in [0.717, 1.165) is 6.42 Å². The summed E-state index contributed by atoms with van der Waals surface area (Å²) in [5.74, 6) is 1.19. The van der Waals surface area contributed by atoms with Gasteiger partial charge in [-0.2, -0.15) is 0 Å². The van der Waals surface area contributed by atoms with Crippen molar-refractivity contribution in [2.75, 3.05) is 5.75 Å². The van der Waals surface area contributed by atoms with Crippen molar-refractivity contribution in [2.45, 2.75) is 13.3 Å². The fourth-order valence-corrected chi connectivity index (χ4v) is 1.45. The van der Waals surface area contributed by atoms with E-state index < -0.39 is 0 Å². The summed E-state index contributed by atoms with van der Waals surface area (Å²) in [5.41, 5.74) is 0. The minimum Gasteiger partial charge on any atom is -0.127 e. The Morgan fingerprint density at radius 3 is 3.12 bits per heavy atom. The fraction of sp³-hybridized carbons (Fsp3) is 0.429. The van der Waals surface area contributed by atoms with E-state index in [4.69, 9.17) is 0 Å². The summed E-state index contributed by atoms with van der Waals surface area (Å²) >= 11 is 1.91. The molecule has 0 heterocycles. The van der Waals surface area contributed by atoms with Crippen LogP contribution in [0.3, 0.4) is 0 Å². The molecule has 0 aromatic rings. The van der Waals surface area contributed by atoms with Crippen LogP contribution < -0.4 is 0 Å². The molecule has 0 nitrogen and oxygen atoms in total. The fourth-order valence-electron chi connectivity index (χ4n) is 0.710. The summed E-state index contributed by atoms with van der Waals surface area (Å²) in [6.07, 6.45) is 7.78. The van der Waals surface area contributed by atoms with Crippen LogP contribution in [0.4, 0.5) is 0 Å². The highest BCUT2D eigenvalue weighted by molar-refractivity contribution is 8.03. The second-order valence-corrected chi connectivity index (χ2v) is 3.02. The molecule has 8 heavy (non-hydrogen) atoms. The molecule has 0 fully saturated rings. The number of hydrogen-bond donors (Lipinski definition) is 0. The molecule has 44 valence electrons. The molecule has 0 unspecified atom stereocenters. The van der Waals surface area contributed by atoms with Crippen LogP contribution in [-0.2, 0) is 0 Å². The first kappa shape index (κ1) is 5.96. The Bertz CT molecular complexity index is 122. The van der Waals surface area contributed by atoms with Crippen molar-refractivity contribution in [1.29, 1.82) is 0 Å². The lowest BCUT2D eigenvalue weighted by Gasteiger charge is -1.90. The molecule has 1 aliphatic carbocycles. The van der Waals surface area contributed by atoms with Gasteiger partial charge in [0.05, 0.1) is 0 Å². The molecule has 0 saturated carbocycles. The lowest BCUT2D eigenvalue weighted by atomic mass is 10.5. The first-order chi connectivity index (χ1) is 3.93. The molecule has 0 aromatic heterocycles. The monoisotopic (exact) mass is 126 g/mol. The van der Waals surface area contributed by atoms with Crippen molar-refractivity contribution in [3.8, 4) is 0 Å². The predicted octanol–water partition coefficient (Wildman–Crippen LogP) is 2.58. The zero-order valence-corrected chi connectivity index (χ0v) is 5.87. The van der Waals surface area contributed by atoms with E-state index in [2.05, 4.69) is 25.2 Å². The maximum Gasteiger partial charge on any atom is 0.00319 e. The minimum absolute atomic E-state index is 1.14. The highest BCUT2D eigenvalue weighted by Gasteiger charge is 1.93. The molecular weight excluding hydrogens is 116 g/mol. The van der Waals surface area contributed by atoms with Crippen LogP contribution in [0.2, 0.25) is 0 Å². The van der Waals surface area contributed by atoms with E-state index in [1.54, 1.807) is 0 Å². The standard InChI is InChI=1S/C7H10S/c1-2-8-7-5-3-4-6-7/h3,5-6H,2,4H2,1H3. The van der Waals surface area contributed by atoms with Gasteiger partial charge in [0.15, 0.2) is 0 Å². The quantitative estimate of drug-likeness (QED) is 0.548. The van der Waals surface area contributed by atoms with Gasteiger partial charge in [-0.25, -0.2) is 0 Å². The Balaban J connectivity index is 2.34. The highest BCUT2D eigenvalue weighted by Crippen LogP contribution is 2.21. The van der Waals surface area contributed by atoms with Crippen molar-refractivity contribution < 1.29 is 0 Å². The van der Waals surface area contributed by atoms with Gasteiger partial charge in [0, 0.05) is 4.91 Å². The Labute approximate surface area is 54.7 Å². The van der Waals surface area contributed by atoms with Gasteiger partial charge in [-0.1, -0.05) is 25.2 Å². The van der Waals surface area contributed by atoms with Gasteiger partial charge in [-0.05, 0) is 12.2 Å². The molecule has 1 aliphatic rings. The molecule has 0 spiro atoms. The van der Waals surface area contributed by atoms with Crippen molar-refractivity contribution in [1.82, 2.24) is 0 Å². The number of rotatable bonds is 2. The molecule has 1 rings (SSSR count). The largest absolute Gasteiger partial charge is 0.127 e. The third-order valence-electron chi connectivity index (χ3n) is 1.05. The average Bonchev–Trinajstić information content (AvgIpc) is 2.19. The van der Waals surface area contributed by atoms with Crippen molar-refractivity contribution in [2.24, 2.45) is 0 Å².